The zero-order valence-electron chi connectivity index (χ0n) is 10.0. The molecule has 0 fully saturated rings. The lowest BCUT2D eigenvalue weighted by Gasteiger charge is -2.36. The van der Waals surface area contributed by atoms with E-state index in [0.29, 0.717) is 11.8 Å². The number of hydrogen-bond acceptors (Lipinski definition) is 2. The molecular formula is C10H25NOSi. The van der Waals surface area contributed by atoms with Gasteiger partial charge in [0.1, 0.15) is 0 Å². The summed E-state index contributed by atoms with van der Waals surface area (Å²) in [4.78, 5) is 0. The van der Waals surface area contributed by atoms with Crippen molar-refractivity contribution in [3.8, 4) is 0 Å². The Morgan fingerprint density at radius 1 is 1.23 bits per heavy atom. The van der Waals surface area contributed by atoms with Crippen molar-refractivity contribution in [1.82, 2.24) is 5.32 Å². The van der Waals surface area contributed by atoms with Crippen molar-refractivity contribution < 1.29 is 4.43 Å². The summed E-state index contributed by atoms with van der Waals surface area (Å²) in [6.07, 6.45) is 1.17. The zero-order chi connectivity index (χ0) is 10.5. The van der Waals surface area contributed by atoms with E-state index in [1.54, 1.807) is 0 Å². The fourth-order valence-corrected chi connectivity index (χ4v) is 1.59. The second kappa shape index (κ2) is 5.13. The van der Waals surface area contributed by atoms with Crippen molar-refractivity contribution in [1.29, 1.82) is 0 Å². The first-order chi connectivity index (χ1) is 5.81. The molecule has 0 aliphatic carbocycles. The summed E-state index contributed by atoms with van der Waals surface area (Å²) in [6.45, 7) is 15.3. The minimum atomic E-state index is -1.52. The molecule has 2 nitrogen and oxygen atoms in total. The van der Waals surface area contributed by atoms with Crippen LogP contribution in [-0.4, -0.2) is 21.6 Å². The maximum Gasteiger partial charge on any atom is 0.193 e. The van der Waals surface area contributed by atoms with E-state index in [4.69, 9.17) is 4.43 Å². The van der Waals surface area contributed by atoms with Gasteiger partial charge in [-0.2, -0.15) is 0 Å². The molecule has 0 atom stereocenters. The average Bonchev–Trinajstić information content (AvgIpc) is 1.96. The predicted molar refractivity (Wildman–Crippen MR) is 61.4 cm³/mol. The first-order valence-corrected chi connectivity index (χ1v) is 8.07. The van der Waals surface area contributed by atoms with Gasteiger partial charge in [0.05, 0.1) is 6.73 Å². The fraction of sp³-hybridized carbons (Fsp3) is 1.00. The van der Waals surface area contributed by atoms with Crippen LogP contribution in [0.2, 0.25) is 18.1 Å². The average molecular weight is 203 g/mol. The highest BCUT2D eigenvalue weighted by Crippen LogP contribution is 2.36. The van der Waals surface area contributed by atoms with Crippen LogP contribution in [0.3, 0.4) is 0 Å². The Morgan fingerprint density at radius 3 is 2.15 bits per heavy atom. The number of hydrogen-bond donors (Lipinski definition) is 1. The van der Waals surface area contributed by atoms with E-state index in [9.17, 15) is 0 Å². The van der Waals surface area contributed by atoms with Crippen LogP contribution in [0.25, 0.3) is 0 Å². The molecule has 0 aliphatic heterocycles. The minimum Gasteiger partial charge on any atom is -0.404 e. The molecule has 0 aromatic rings. The van der Waals surface area contributed by atoms with Gasteiger partial charge in [0, 0.05) is 0 Å². The Labute approximate surface area is 84.2 Å². The van der Waals surface area contributed by atoms with E-state index >= 15 is 0 Å². The van der Waals surface area contributed by atoms with Crippen LogP contribution in [0.15, 0.2) is 0 Å². The molecule has 0 bridgehead atoms. The largest absolute Gasteiger partial charge is 0.404 e. The lowest BCUT2D eigenvalue weighted by Crippen LogP contribution is -2.43. The predicted octanol–water partition coefficient (Wildman–Crippen LogP) is 2.97. The van der Waals surface area contributed by atoms with Crippen LogP contribution in [0, 0.1) is 0 Å². The Kier molecular flexibility index (Phi) is 5.18. The molecule has 80 valence electrons. The standard InChI is InChI=1S/C10H25NOSi/c1-7-8-11-9-12-13(5,6)10(2,3)4/h11H,7-9H2,1-6H3. The topological polar surface area (TPSA) is 21.3 Å². The Morgan fingerprint density at radius 2 is 1.77 bits per heavy atom. The summed E-state index contributed by atoms with van der Waals surface area (Å²) in [5.74, 6) is 0. The third-order valence-corrected chi connectivity index (χ3v) is 7.25. The van der Waals surface area contributed by atoms with Gasteiger partial charge < -0.3 is 4.43 Å². The van der Waals surface area contributed by atoms with Gasteiger partial charge in [-0.1, -0.05) is 27.7 Å². The fourth-order valence-electron chi connectivity index (χ4n) is 0.697. The van der Waals surface area contributed by atoms with Crippen molar-refractivity contribution in [3.63, 3.8) is 0 Å². The molecule has 0 aromatic heterocycles. The number of rotatable bonds is 5. The molecule has 3 heteroatoms. The van der Waals surface area contributed by atoms with E-state index in [-0.39, 0.29) is 0 Å². The van der Waals surface area contributed by atoms with E-state index in [1.165, 1.54) is 6.42 Å². The monoisotopic (exact) mass is 203 g/mol. The van der Waals surface area contributed by atoms with Gasteiger partial charge in [0.2, 0.25) is 0 Å². The highest BCUT2D eigenvalue weighted by Gasteiger charge is 2.36. The molecule has 0 radical (unpaired) electrons. The van der Waals surface area contributed by atoms with Gasteiger partial charge in [0.25, 0.3) is 0 Å². The van der Waals surface area contributed by atoms with Crippen LogP contribution >= 0.6 is 0 Å². The number of nitrogens with one attached hydrogen (secondary N) is 1. The first kappa shape index (κ1) is 13.1. The summed E-state index contributed by atoms with van der Waals surface area (Å²) >= 11 is 0. The molecule has 0 unspecified atom stereocenters. The Bertz CT molecular complexity index is 140. The van der Waals surface area contributed by atoms with Crippen molar-refractivity contribution in [2.75, 3.05) is 13.3 Å². The third kappa shape index (κ3) is 4.79. The Hall–Kier alpha value is 0.137. The van der Waals surface area contributed by atoms with Gasteiger partial charge in [0.15, 0.2) is 8.32 Å². The Balaban J connectivity index is 3.77. The molecule has 1 N–H and O–H groups in total. The molecule has 0 rings (SSSR count). The van der Waals surface area contributed by atoms with Gasteiger partial charge in [-0.05, 0) is 31.1 Å². The van der Waals surface area contributed by atoms with Crippen molar-refractivity contribution in [2.24, 2.45) is 0 Å². The van der Waals surface area contributed by atoms with Crippen LogP contribution in [0.4, 0.5) is 0 Å². The van der Waals surface area contributed by atoms with Crippen LogP contribution < -0.4 is 5.32 Å². The quantitative estimate of drug-likeness (QED) is 0.421. The molecular weight excluding hydrogens is 178 g/mol. The maximum atomic E-state index is 5.92. The van der Waals surface area contributed by atoms with Crippen molar-refractivity contribution in [3.05, 3.63) is 0 Å². The molecule has 0 amide bonds. The van der Waals surface area contributed by atoms with E-state index in [0.717, 1.165) is 6.54 Å². The van der Waals surface area contributed by atoms with Gasteiger partial charge in [-0.15, -0.1) is 0 Å². The molecule has 0 aliphatic rings. The van der Waals surface area contributed by atoms with Crippen LogP contribution in [0.5, 0.6) is 0 Å². The zero-order valence-corrected chi connectivity index (χ0v) is 11.0. The maximum absolute atomic E-state index is 5.92. The van der Waals surface area contributed by atoms with Crippen molar-refractivity contribution >= 4 is 8.32 Å². The SMILES string of the molecule is CCCNCO[Si](C)(C)C(C)(C)C. The van der Waals surface area contributed by atoms with Gasteiger partial charge >= 0.3 is 0 Å². The summed E-state index contributed by atoms with van der Waals surface area (Å²) in [7, 11) is -1.52. The summed E-state index contributed by atoms with van der Waals surface area (Å²) in [5, 5.41) is 3.60. The van der Waals surface area contributed by atoms with Gasteiger partial charge in [-0.3, -0.25) is 5.32 Å². The van der Waals surface area contributed by atoms with Crippen molar-refractivity contribution in [2.45, 2.75) is 52.2 Å². The smallest absolute Gasteiger partial charge is 0.193 e. The second-order valence-electron chi connectivity index (χ2n) is 5.05. The molecule has 0 saturated carbocycles. The minimum absolute atomic E-state index is 0.320. The highest BCUT2D eigenvalue weighted by molar-refractivity contribution is 6.74. The lowest BCUT2D eigenvalue weighted by molar-refractivity contribution is 0.259. The molecule has 0 heterocycles. The molecule has 0 saturated heterocycles. The summed E-state index contributed by atoms with van der Waals surface area (Å²) in [6, 6.07) is 0. The highest BCUT2D eigenvalue weighted by atomic mass is 28.4. The second-order valence-corrected chi connectivity index (χ2v) is 9.86. The third-order valence-electron chi connectivity index (χ3n) is 2.77. The van der Waals surface area contributed by atoms with Crippen LogP contribution in [-0.2, 0) is 4.43 Å². The summed E-state index contributed by atoms with van der Waals surface area (Å²) < 4.78 is 5.92. The molecule has 0 spiro atoms. The van der Waals surface area contributed by atoms with Crippen LogP contribution in [0.1, 0.15) is 34.1 Å². The lowest BCUT2D eigenvalue weighted by atomic mass is 10.2. The molecule has 13 heavy (non-hydrogen) atoms. The normalized spacial score (nSPS) is 13.4. The van der Waals surface area contributed by atoms with E-state index in [1.807, 2.05) is 0 Å². The summed E-state index contributed by atoms with van der Waals surface area (Å²) in [5.41, 5.74) is 0. The molecule has 0 aromatic carbocycles. The van der Waals surface area contributed by atoms with Gasteiger partial charge in [-0.25, -0.2) is 0 Å². The first-order valence-electron chi connectivity index (χ1n) is 5.16. The van der Waals surface area contributed by atoms with E-state index in [2.05, 4.69) is 46.1 Å². The van der Waals surface area contributed by atoms with E-state index < -0.39 is 8.32 Å².